The molecule has 0 fully saturated rings. The maximum absolute atomic E-state index is 5.02. The zero-order valence-corrected chi connectivity index (χ0v) is 20.3. The molecule has 0 aliphatic rings. The summed E-state index contributed by atoms with van der Waals surface area (Å²) in [6.07, 6.45) is 1.83. The highest BCUT2D eigenvalue weighted by molar-refractivity contribution is 5.82. The van der Waals surface area contributed by atoms with Gasteiger partial charge in [-0.05, 0) is 85.6 Å². The number of aryl methyl sites for hydroxylation is 2. The number of pyridine rings is 1. The first-order chi connectivity index (χ1) is 17.7. The lowest BCUT2D eigenvalue weighted by Crippen LogP contribution is -2.09. The molecule has 6 rings (SSSR count). The molecule has 0 amide bonds. The molecule has 0 N–H and O–H groups in total. The number of imidazole rings is 1. The fraction of sp³-hybridized carbons (Fsp3) is 0.0625. The Hall–Kier alpha value is -4.70. The summed E-state index contributed by atoms with van der Waals surface area (Å²) in [4.78, 5) is 12.0. The van der Waals surface area contributed by atoms with Gasteiger partial charge in [-0.25, -0.2) is 9.97 Å². The first-order valence-electron chi connectivity index (χ1n) is 12.1. The third kappa shape index (κ3) is 3.83. The van der Waals surface area contributed by atoms with Gasteiger partial charge in [0.25, 0.3) is 0 Å². The van der Waals surface area contributed by atoms with Crippen molar-refractivity contribution in [2.24, 2.45) is 0 Å². The van der Waals surface area contributed by atoms with E-state index >= 15 is 0 Å². The average Bonchev–Trinajstić information content (AvgIpc) is 3.30. The first kappa shape index (κ1) is 21.8. The zero-order chi connectivity index (χ0) is 24.5. The van der Waals surface area contributed by atoms with Gasteiger partial charge in [-0.2, -0.15) is 0 Å². The second-order valence-electron chi connectivity index (χ2n) is 8.91. The van der Waals surface area contributed by atoms with E-state index in [1.165, 1.54) is 11.1 Å². The van der Waals surface area contributed by atoms with Gasteiger partial charge in [-0.1, -0.05) is 54.6 Å². The molecule has 6 aromatic rings. The Bertz CT molecular complexity index is 1580. The van der Waals surface area contributed by atoms with E-state index in [0.717, 1.165) is 45.3 Å². The first-order valence-corrected chi connectivity index (χ1v) is 12.1. The van der Waals surface area contributed by atoms with E-state index in [9.17, 15) is 0 Å². The van der Waals surface area contributed by atoms with Crippen LogP contribution in [0.2, 0.25) is 0 Å². The van der Waals surface area contributed by atoms with Crippen LogP contribution < -0.4 is 4.90 Å². The van der Waals surface area contributed by atoms with E-state index in [-0.39, 0.29) is 0 Å². The minimum absolute atomic E-state index is 0.865. The summed E-state index contributed by atoms with van der Waals surface area (Å²) < 4.78 is 2.20. The van der Waals surface area contributed by atoms with Crippen molar-refractivity contribution in [1.82, 2.24) is 14.5 Å². The van der Waals surface area contributed by atoms with Crippen LogP contribution in [0.25, 0.3) is 28.2 Å². The molecule has 0 bridgehead atoms. The minimum atomic E-state index is 0.865. The van der Waals surface area contributed by atoms with E-state index in [1.807, 2.05) is 30.5 Å². The number of para-hydroxylation sites is 3. The van der Waals surface area contributed by atoms with Crippen molar-refractivity contribution in [3.63, 3.8) is 0 Å². The van der Waals surface area contributed by atoms with Crippen molar-refractivity contribution in [1.29, 1.82) is 0 Å². The number of benzene rings is 4. The second kappa shape index (κ2) is 9.16. The molecule has 0 aliphatic carbocycles. The fourth-order valence-electron chi connectivity index (χ4n) is 4.84. The summed E-state index contributed by atoms with van der Waals surface area (Å²) in [5.74, 6) is 0.888. The molecule has 2 heterocycles. The van der Waals surface area contributed by atoms with Gasteiger partial charge in [0.1, 0.15) is 11.3 Å². The van der Waals surface area contributed by atoms with Crippen LogP contribution in [-0.2, 0) is 0 Å². The Balaban J connectivity index is 1.50. The lowest BCUT2D eigenvalue weighted by Gasteiger charge is -2.25. The van der Waals surface area contributed by atoms with Gasteiger partial charge in [0.05, 0.1) is 5.69 Å². The molecule has 0 saturated heterocycles. The average molecular weight is 467 g/mol. The third-order valence-electron chi connectivity index (χ3n) is 6.49. The Morgan fingerprint density at radius 3 is 1.78 bits per heavy atom. The van der Waals surface area contributed by atoms with Gasteiger partial charge in [-0.15, -0.1) is 0 Å². The Morgan fingerprint density at radius 1 is 0.583 bits per heavy atom. The van der Waals surface area contributed by atoms with E-state index in [1.54, 1.807) is 0 Å². The molecule has 36 heavy (non-hydrogen) atoms. The van der Waals surface area contributed by atoms with Crippen molar-refractivity contribution in [3.05, 3.63) is 133 Å². The fourth-order valence-corrected chi connectivity index (χ4v) is 4.84. The predicted molar refractivity (Wildman–Crippen MR) is 148 cm³/mol. The molecule has 4 nitrogen and oxygen atoms in total. The highest BCUT2D eigenvalue weighted by Crippen LogP contribution is 2.36. The van der Waals surface area contributed by atoms with Gasteiger partial charge in [-0.3, -0.25) is 4.57 Å². The minimum Gasteiger partial charge on any atom is -0.311 e. The maximum Gasteiger partial charge on any atom is 0.164 e. The summed E-state index contributed by atoms with van der Waals surface area (Å²) in [5, 5.41) is 0. The molecule has 4 heteroatoms. The van der Waals surface area contributed by atoms with Crippen LogP contribution in [0.3, 0.4) is 0 Å². The SMILES string of the molecule is Cc1cccc(C)c1-n1c(-c2ccc(N(c3ccccc3)c3ccccc3)cc2)nc2cccnc21. The van der Waals surface area contributed by atoms with Gasteiger partial charge < -0.3 is 4.90 Å². The predicted octanol–water partition coefficient (Wildman–Crippen LogP) is 8.17. The molecule has 0 atom stereocenters. The normalized spacial score (nSPS) is 11.1. The van der Waals surface area contributed by atoms with E-state index in [4.69, 9.17) is 9.97 Å². The Labute approximate surface area is 211 Å². The van der Waals surface area contributed by atoms with Crippen molar-refractivity contribution in [2.75, 3.05) is 4.90 Å². The van der Waals surface area contributed by atoms with Crippen molar-refractivity contribution in [3.8, 4) is 17.1 Å². The van der Waals surface area contributed by atoms with Crippen LogP contribution >= 0.6 is 0 Å². The molecule has 0 unspecified atom stereocenters. The van der Waals surface area contributed by atoms with Gasteiger partial charge in [0.15, 0.2) is 5.65 Å². The summed E-state index contributed by atoms with van der Waals surface area (Å²) in [6.45, 7) is 4.28. The molecule has 2 aromatic heterocycles. The van der Waals surface area contributed by atoms with Crippen LogP contribution in [0.4, 0.5) is 17.1 Å². The molecular weight excluding hydrogens is 440 g/mol. The number of anilines is 3. The second-order valence-corrected chi connectivity index (χ2v) is 8.91. The van der Waals surface area contributed by atoms with Gasteiger partial charge in [0, 0.05) is 28.8 Å². The number of fused-ring (bicyclic) bond motifs is 1. The highest BCUT2D eigenvalue weighted by atomic mass is 15.1. The van der Waals surface area contributed by atoms with Crippen molar-refractivity contribution >= 4 is 28.2 Å². The topological polar surface area (TPSA) is 34.0 Å². The lowest BCUT2D eigenvalue weighted by atomic mass is 10.1. The zero-order valence-electron chi connectivity index (χ0n) is 20.3. The van der Waals surface area contributed by atoms with Gasteiger partial charge in [0.2, 0.25) is 0 Å². The lowest BCUT2D eigenvalue weighted by molar-refractivity contribution is 1.04. The number of aromatic nitrogens is 3. The number of hydrogen-bond acceptors (Lipinski definition) is 3. The van der Waals surface area contributed by atoms with E-state index < -0.39 is 0 Å². The molecule has 174 valence electrons. The van der Waals surface area contributed by atoms with E-state index in [0.29, 0.717) is 0 Å². The van der Waals surface area contributed by atoms with Crippen LogP contribution in [0.5, 0.6) is 0 Å². The number of nitrogens with zero attached hydrogens (tertiary/aromatic N) is 4. The molecule has 4 aromatic carbocycles. The molecule has 0 radical (unpaired) electrons. The highest BCUT2D eigenvalue weighted by Gasteiger charge is 2.19. The number of hydrogen-bond donors (Lipinski definition) is 0. The van der Waals surface area contributed by atoms with Crippen molar-refractivity contribution in [2.45, 2.75) is 13.8 Å². The molecular formula is C32H26N4. The van der Waals surface area contributed by atoms with Crippen LogP contribution in [-0.4, -0.2) is 14.5 Å². The van der Waals surface area contributed by atoms with Crippen molar-refractivity contribution < 1.29 is 0 Å². The summed E-state index contributed by atoms with van der Waals surface area (Å²) >= 11 is 0. The summed E-state index contributed by atoms with van der Waals surface area (Å²) in [7, 11) is 0. The van der Waals surface area contributed by atoms with Crippen LogP contribution in [0, 0.1) is 13.8 Å². The Morgan fingerprint density at radius 2 is 1.17 bits per heavy atom. The largest absolute Gasteiger partial charge is 0.311 e. The number of rotatable bonds is 5. The molecule has 0 spiro atoms. The molecule has 0 saturated carbocycles. The van der Waals surface area contributed by atoms with E-state index in [2.05, 4.69) is 114 Å². The third-order valence-corrected chi connectivity index (χ3v) is 6.49. The van der Waals surface area contributed by atoms with Gasteiger partial charge >= 0.3 is 0 Å². The standard InChI is InChI=1S/C32H26N4/c1-23-11-9-12-24(2)30(23)36-31(34-29-17-10-22-33-32(29)36)25-18-20-28(21-19-25)35(26-13-5-3-6-14-26)27-15-7-4-8-16-27/h3-22H,1-2H3. The monoisotopic (exact) mass is 466 g/mol. The smallest absolute Gasteiger partial charge is 0.164 e. The maximum atomic E-state index is 5.02. The molecule has 0 aliphatic heterocycles. The van der Waals surface area contributed by atoms with Crippen LogP contribution in [0.1, 0.15) is 11.1 Å². The quantitative estimate of drug-likeness (QED) is 0.257. The summed E-state index contributed by atoms with van der Waals surface area (Å²) in [5.41, 5.74) is 9.62. The Kier molecular flexibility index (Phi) is 5.55. The summed E-state index contributed by atoms with van der Waals surface area (Å²) in [6, 6.07) is 39.9. The van der Waals surface area contributed by atoms with Crippen LogP contribution in [0.15, 0.2) is 121 Å².